The van der Waals surface area contributed by atoms with Crippen LogP contribution in [0.2, 0.25) is 0 Å². The summed E-state index contributed by atoms with van der Waals surface area (Å²) in [5.74, 6) is 0.840. The van der Waals surface area contributed by atoms with Crippen LogP contribution in [0.3, 0.4) is 0 Å². The third-order valence-corrected chi connectivity index (χ3v) is 3.36. The number of imidazole rings is 1. The van der Waals surface area contributed by atoms with Crippen molar-refractivity contribution in [3.8, 4) is 0 Å². The second-order valence-electron chi connectivity index (χ2n) is 4.39. The maximum atomic E-state index is 4.13. The second-order valence-corrected chi connectivity index (χ2v) is 4.39. The normalized spacial score (nSPS) is 33.1. The van der Waals surface area contributed by atoms with Crippen LogP contribution in [0.5, 0.6) is 0 Å². The summed E-state index contributed by atoms with van der Waals surface area (Å²) < 4.78 is 2.25. The van der Waals surface area contributed by atoms with Crippen LogP contribution >= 0.6 is 0 Å². The highest BCUT2D eigenvalue weighted by Crippen LogP contribution is 2.32. The van der Waals surface area contributed by atoms with Crippen molar-refractivity contribution in [3.05, 3.63) is 18.7 Å². The average Bonchev–Trinajstić information content (AvgIpc) is 2.70. The van der Waals surface area contributed by atoms with E-state index in [4.69, 9.17) is 0 Å². The SMILES string of the molecule is CNC1CCC(C)CC1n1ccnc1. The zero-order chi connectivity index (χ0) is 9.97. The maximum absolute atomic E-state index is 4.13. The fourth-order valence-electron chi connectivity index (χ4n) is 2.48. The molecule has 0 aromatic carbocycles. The Labute approximate surface area is 85.5 Å². The highest BCUT2D eigenvalue weighted by Gasteiger charge is 2.28. The molecule has 0 bridgehead atoms. The van der Waals surface area contributed by atoms with Crippen LogP contribution in [0.15, 0.2) is 18.7 Å². The molecule has 3 nitrogen and oxygen atoms in total. The molecule has 1 N–H and O–H groups in total. The molecule has 0 saturated heterocycles. The first-order valence-corrected chi connectivity index (χ1v) is 5.46. The van der Waals surface area contributed by atoms with E-state index >= 15 is 0 Å². The van der Waals surface area contributed by atoms with Crippen molar-refractivity contribution in [2.75, 3.05) is 7.05 Å². The molecule has 0 radical (unpaired) electrons. The van der Waals surface area contributed by atoms with Gasteiger partial charge in [0.15, 0.2) is 0 Å². The number of likely N-dealkylation sites (N-methyl/N-ethyl adjacent to an activating group) is 1. The fourth-order valence-corrected chi connectivity index (χ4v) is 2.48. The van der Waals surface area contributed by atoms with E-state index in [1.165, 1.54) is 19.3 Å². The van der Waals surface area contributed by atoms with Gasteiger partial charge in [-0.05, 0) is 32.2 Å². The van der Waals surface area contributed by atoms with Gasteiger partial charge in [0.1, 0.15) is 0 Å². The molecule has 2 rings (SSSR count). The number of aromatic nitrogens is 2. The molecule has 3 heteroatoms. The summed E-state index contributed by atoms with van der Waals surface area (Å²) in [6.45, 7) is 2.34. The van der Waals surface area contributed by atoms with Gasteiger partial charge in [-0.2, -0.15) is 0 Å². The lowest BCUT2D eigenvalue weighted by atomic mass is 9.83. The van der Waals surface area contributed by atoms with Crippen LogP contribution < -0.4 is 5.32 Å². The van der Waals surface area contributed by atoms with Gasteiger partial charge in [0, 0.05) is 18.4 Å². The first-order chi connectivity index (χ1) is 6.81. The van der Waals surface area contributed by atoms with Crippen LogP contribution in [0.4, 0.5) is 0 Å². The van der Waals surface area contributed by atoms with Gasteiger partial charge in [0.05, 0.1) is 12.4 Å². The molecule has 0 aliphatic heterocycles. The van der Waals surface area contributed by atoms with Gasteiger partial charge >= 0.3 is 0 Å². The Kier molecular flexibility index (Phi) is 2.87. The van der Waals surface area contributed by atoms with Gasteiger partial charge in [0.25, 0.3) is 0 Å². The largest absolute Gasteiger partial charge is 0.333 e. The Morgan fingerprint density at radius 1 is 1.43 bits per heavy atom. The molecular formula is C11H19N3. The summed E-state index contributed by atoms with van der Waals surface area (Å²) in [4.78, 5) is 4.13. The van der Waals surface area contributed by atoms with Crippen LogP contribution in [0.25, 0.3) is 0 Å². The van der Waals surface area contributed by atoms with Crippen LogP contribution in [-0.2, 0) is 0 Å². The van der Waals surface area contributed by atoms with Crippen molar-refractivity contribution in [3.63, 3.8) is 0 Å². The van der Waals surface area contributed by atoms with E-state index in [0.717, 1.165) is 5.92 Å². The second kappa shape index (κ2) is 4.13. The maximum Gasteiger partial charge on any atom is 0.0949 e. The minimum absolute atomic E-state index is 0.589. The smallest absolute Gasteiger partial charge is 0.0949 e. The van der Waals surface area contributed by atoms with E-state index in [1.807, 2.05) is 12.5 Å². The van der Waals surface area contributed by atoms with Crippen molar-refractivity contribution in [2.24, 2.45) is 5.92 Å². The molecular weight excluding hydrogens is 174 g/mol. The number of hydrogen-bond donors (Lipinski definition) is 1. The van der Waals surface area contributed by atoms with Crippen LogP contribution in [0.1, 0.15) is 32.2 Å². The number of rotatable bonds is 2. The lowest BCUT2D eigenvalue weighted by Crippen LogP contribution is -2.39. The van der Waals surface area contributed by atoms with Crippen molar-refractivity contribution in [1.29, 1.82) is 0 Å². The Hall–Kier alpha value is -0.830. The van der Waals surface area contributed by atoms with E-state index in [2.05, 4.69) is 35.0 Å². The molecule has 0 spiro atoms. The highest BCUT2D eigenvalue weighted by molar-refractivity contribution is 4.91. The van der Waals surface area contributed by atoms with Gasteiger partial charge in [-0.25, -0.2) is 4.98 Å². The molecule has 1 fully saturated rings. The summed E-state index contributed by atoms with van der Waals surface area (Å²) in [5.41, 5.74) is 0. The number of hydrogen-bond acceptors (Lipinski definition) is 2. The minimum Gasteiger partial charge on any atom is -0.333 e. The third-order valence-electron chi connectivity index (χ3n) is 3.36. The zero-order valence-electron chi connectivity index (χ0n) is 8.98. The molecule has 78 valence electrons. The molecule has 1 saturated carbocycles. The fraction of sp³-hybridized carbons (Fsp3) is 0.727. The quantitative estimate of drug-likeness (QED) is 0.776. The first-order valence-electron chi connectivity index (χ1n) is 5.46. The molecule has 3 unspecified atom stereocenters. The predicted molar refractivity (Wildman–Crippen MR) is 57.1 cm³/mol. The molecule has 1 heterocycles. The van der Waals surface area contributed by atoms with Crippen molar-refractivity contribution in [1.82, 2.24) is 14.9 Å². The van der Waals surface area contributed by atoms with Gasteiger partial charge in [-0.15, -0.1) is 0 Å². The van der Waals surface area contributed by atoms with Crippen molar-refractivity contribution >= 4 is 0 Å². The molecule has 1 aromatic rings. The Morgan fingerprint density at radius 2 is 2.29 bits per heavy atom. The van der Waals surface area contributed by atoms with Gasteiger partial charge in [-0.3, -0.25) is 0 Å². The van der Waals surface area contributed by atoms with E-state index < -0.39 is 0 Å². The lowest BCUT2D eigenvalue weighted by Gasteiger charge is -2.35. The predicted octanol–water partition coefficient (Wildman–Crippen LogP) is 1.83. The topological polar surface area (TPSA) is 29.9 Å². The van der Waals surface area contributed by atoms with Crippen LogP contribution in [0, 0.1) is 5.92 Å². The third kappa shape index (κ3) is 1.82. The van der Waals surface area contributed by atoms with Gasteiger partial charge < -0.3 is 9.88 Å². The molecule has 1 aliphatic carbocycles. The van der Waals surface area contributed by atoms with Gasteiger partial charge in [-0.1, -0.05) is 6.92 Å². The summed E-state index contributed by atoms with van der Waals surface area (Å²) >= 11 is 0. The first kappa shape index (κ1) is 9.71. The molecule has 0 amide bonds. The molecule has 1 aliphatic rings. The highest BCUT2D eigenvalue weighted by atomic mass is 15.1. The number of nitrogens with one attached hydrogen (secondary N) is 1. The standard InChI is InChI=1S/C11H19N3/c1-9-3-4-10(12-2)11(7-9)14-6-5-13-8-14/h5-6,8-12H,3-4,7H2,1-2H3. The Balaban J connectivity index is 2.13. The lowest BCUT2D eigenvalue weighted by molar-refractivity contribution is 0.223. The van der Waals surface area contributed by atoms with E-state index in [1.54, 1.807) is 0 Å². The summed E-state index contributed by atoms with van der Waals surface area (Å²) in [7, 11) is 2.06. The minimum atomic E-state index is 0.589. The molecule has 3 atom stereocenters. The summed E-state index contributed by atoms with van der Waals surface area (Å²) in [6.07, 6.45) is 9.77. The van der Waals surface area contributed by atoms with Crippen molar-refractivity contribution in [2.45, 2.75) is 38.3 Å². The monoisotopic (exact) mass is 193 g/mol. The molecule has 1 aromatic heterocycles. The Bertz CT molecular complexity index is 268. The summed E-state index contributed by atoms with van der Waals surface area (Å²) in [6, 6.07) is 1.20. The Morgan fingerprint density at radius 3 is 2.93 bits per heavy atom. The molecule has 14 heavy (non-hydrogen) atoms. The average molecular weight is 193 g/mol. The van der Waals surface area contributed by atoms with Crippen molar-refractivity contribution < 1.29 is 0 Å². The van der Waals surface area contributed by atoms with Crippen LogP contribution in [-0.4, -0.2) is 22.6 Å². The zero-order valence-corrected chi connectivity index (χ0v) is 8.98. The summed E-state index contributed by atoms with van der Waals surface area (Å²) in [5, 5.41) is 3.41. The van der Waals surface area contributed by atoms with E-state index in [-0.39, 0.29) is 0 Å². The number of nitrogens with zero attached hydrogens (tertiary/aromatic N) is 2. The van der Waals surface area contributed by atoms with E-state index in [9.17, 15) is 0 Å². The van der Waals surface area contributed by atoms with Gasteiger partial charge in [0.2, 0.25) is 0 Å². The van der Waals surface area contributed by atoms with E-state index in [0.29, 0.717) is 12.1 Å².